The largest absolute Gasteiger partial charge is 0.313 e. The van der Waals surface area contributed by atoms with Crippen LogP contribution in [0.3, 0.4) is 0 Å². The molecule has 0 aliphatic heterocycles. The summed E-state index contributed by atoms with van der Waals surface area (Å²) in [6, 6.07) is 0.634. The van der Waals surface area contributed by atoms with Crippen molar-refractivity contribution < 1.29 is 0 Å². The Morgan fingerprint density at radius 1 is 1.19 bits per heavy atom. The Morgan fingerprint density at radius 2 is 1.88 bits per heavy atom. The molecule has 0 spiro atoms. The summed E-state index contributed by atoms with van der Waals surface area (Å²) in [5.41, 5.74) is 0. The molecule has 0 amide bonds. The van der Waals surface area contributed by atoms with Crippen LogP contribution in [0.25, 0.3) is 0 Å². The molecule has 0 aromatic heterocycles. The zero-order valence-corrected chi connectivity index (χ0v) is 11.2. The van der Waals surface area contributed by atoms with Crippen LogP contribution in [0.5, 0.6) is 0 Å². The highest BCUT2D eigenvalue weighted by molar-refractivity contribution is 4.99. The third kappa shape index (κ3) is 4.18. The number of rotatable bonds is 5. The second-order valence-corrected chi connectivity index (χ2v) is 4.98. The molecule has 0 bridgehead atoms. The first-order valence-corrected chi connectivity index (χ1v) is 6.94. The molecule has 0 saturated heterocycles. The van der Waals surface area contributed by atoms with E-state index >= 15 is 0 Å². The lowest BCUT2D eigenvalue weighted by atomic mass is 9.77. The van der Waals surface area contributed by atoms with Crippen molar-refractivity contribution in [3.63, 3.8) is 0 Å². The van der Waals surface area contributed by atoms with Crippen LogP contribution < -0.4 is 5.32 Å². The minimum absolute atomic E-state index is 0.634. The maximum absolute atomic E-state index is 3.62. The van der Waals surface area contributed by atoms with Crippen LogP contribution in [0.2, 0.25) is 0 Å². The number of nitrogens with one attached hydrogen (secondary N) is 1. The number of hydrogen-bond donors (Lipinski definition) is 1. The predicted octanol–water partition coefficient (Wildman–Crippen LogP) is 3.59. The first-order chi connectivity index (χ1) is 7.81. The van der Waals surface area contributed by atoms with Gasteiger partial charge in [0.05, 0.1) is 0 Å². The van der Waals surface area contributed by atoms with Gasteiger partial charge in [0.25, 0.3) is 0 Å². The van der Waals surface area contributed by atoms with Gasteiger partial charge in [0.15, 0.2) is 0 Å². The topological polar surface area (TPSA) is 12.0 Å². The maximum Gasteiger partial charge on any atom is 0.0245 e. The highest BCUT2D eigenvalue weighted by Crippen LogP contribution is 2.33. The van der Waals surface area contributed by atoms with Crippen molar-refractivity contribution in [2.75, 3.05) is 6.54 Å². The van der Waals surface area contributed by atoms with E-state index < -0.39 is 0 Å². The minimum Gasteiger partial charge on any atom is -0.313 e. The SMILES string of the molecule is CC#CCC(NCC)C1CCC(CC)CC1. The summed E-state index contributed by atoms with van der Waals surface area (Å²) in [5, 5.41) is 3.62. The standard InChI is InChI=1S/C15H27N/c1-4-7-8-15(16-6-3)14-11-9-13(5-2)10-12-14/h13-16H,5-6,8-12H2,1-3H3. The molecule has 1 N–H and O–H groups in total. The second-order valence-electron chi connectivity index (χ2n) is 4.98. The molecule has 1 fully saturated rings. The van der Waals surface area contributed by atoms with Crippen molar-refractivity contribution in [3.05, 3.63) is 0 Å². The summed E-state index contributed by atoms with van der Waals surface area (Å²) in [5.74, 6) is 8.13. The molecule has 1 saturated carbocycles. The van der Waals surface area contributed by atoms with E-state index in [-0.39, 0.29) is 0 Å². The van der Waals surface area contributed by atoms with E-state index in [9.17, 15) is 0 Å². The monoisotopic (exact) mass is 221 g/mol. The lowest BCUT2D eigenvalue weighted by molar-refractivity contribution is 0.220. The van der Waals surface area contributed by atoms with Crippen LogP contribution in [0.15, 0.2) is 0 Å². The van der Waals surface area contributed by atoms with Crippen molar-refractivity contribution in [3.8, 4) is 11.8 Å². The minimum atomic E-state index is 0.634. The van der Waals surface area contributed by atoms with Crippen LogP contribution in [0.1, 0.15) is 59.3 Å². The van der Waals surface area contributed by atoms with Gasteiger partial charge >= 0.3 is 0 Å². The average Bonchev–Trinajstić information content (AvgIpc) is 2.35. The van der Waals surface area contributed by atoms with Gasteiger partial charge in [-0.05, 0) is 38.1 Å². The average molecular weight is 221 g/mol. The molecule has 0 radical (unpaired) electrons. The molecule has 92 valence electrons. The predicted molar refractivity (Wildman–Crippen MR) is 71.3 cm³/mol. The third-order valence-electron chi connectivity index (χ3n) is 4.00. The fourth-order valence-electron chi connectivity index (χ4n) is 2.88. The van der Waals surface area contributed by atoms with Gasteiger partial charge in [0.2, 0.25) is 0 Å². The molecule has 1 unspecified atom stereocenters. The summed E-state index contributed by atoms with van der Waals surface area (Å²) in [6.45, 7) is 7.54. The highest BCUT2D eigenvalue weighted by Gasteiger charge is 2.25. The van der Waals surface area contributed by atoms with Crippen molar-refractivity contribution in [1.29, 1.82) is 0 Å². The molecule has 1 heteroatoms. The Morgan fingerprint density at radius 3 is 2.38 bits per heavy atom. The zero-order valence-electron chi connectivity index (χ0n) is 11.2. The summed E-state index contributed by atoms with van der Waals surface area (Å²) in [6.07, 6.45) is 8.08. The van der Waals surface area contributed by atoms with Gasteiger partial charge in [-0.2, -0.15) is 0 Å². The van der Waals surface area contributed by atoms with Crippen LogP contribution in [-0.4, -0.2) is 12.6 Å². The molecule has 1 aliphatic rings. The number of hydrogen-bond acceptors (Lipinski definition) is 1. The van der Waals surface area contributed by atoms with Gasteiger partial charge in [-0.15, -0.1) is 11.8 Å². The lowest BCUT2D eigenvalue weighted by Gasteiger charge is -2.33. The molecular weight excluding hydrogens is 194 g/mol. The molecule has 1 aliphatic carbocycles. The molecule has 1 nitrogen and oxygen atoms in total. The van der Waals surface area contributed by atoms with Crippen molar-refractivity contribution >= 4 is 0 Å². The van der Waals surface area contributed by atoms with Gasteiger partial charge in [-0.25, -0.2) is 0 Å². The van der Waals surface area contributed by atoms with Crippen LogP contribution in [0, 0.1) is 23.7 Å². The Hall–Kier alpha value is -0.480. The molecular formula is C15H27N. The van der Waals surface area contributed by atoms with E-state index in [1.54, 1.807) is 0 Å². The lowest BCUT2D eigenvalue weighted by Crippen LogP contribution is -2.37. The van der Waals surface area contributed by atoms with E-state index in [0.29, 0.717) is 6.04 Å². The first-order valence-electron chi connectivity index (χ1n) is 6.94. The smallest absolute Gasteiger partial charge is 0.0245 e. The van der Waals surface area contributed by atoms with Gasteiger partial charge < -0.3 is 5.32 Å². The normalized spacial score (nSPS) is 26.9. The van der Waals surface area contributed by atoms with Gasteiger partial charge in [0, 0.05) is 12.5 Å². The van der Waals surface area contributed by atoms with E-state index in [4.69, 9.17) is 0 Å². The first kappa shape index (κ1) is 13.6. The summed E-state index contributed by atoms with van der Waals surface area (Å²) in [7, 11) is 0. The summed E-state index contributed by atoms with van der Waals surface area (Å²) >= 11 is 0. The van der Waals surface area contributed by atoms with E-state index in [1.807, 2.05) is 6.92 Å². The van der Waals surface area contributed by atoms with Crippen molar-refractivity contribution in [1.82, 2.24) is 5.32 Å². The van der Waals surface area contributed by atoms with Crippen molar-refractivity contribution in [2.45, 2.75) is 65.3 Å². The summed E-state index contributed by atoms with van der Waals surface area (Å²) < 4.78 is 0. The molecule has 1 atom stereocenters. The molecule has 0 heterocycles. The maximum atomic E-state index is 3.62. The van der Waals surface area contributed by atoms with Crippen molar-refractivity contribution in [2.24, 2.45) is 11.8 Å². The van der Waals surface area contributed by atoms with E-state index in [0.717, 1.165) is 24.8 Å². The zero-order chi connectivity index (χ0) is 11.8. The fraction of sp³-hybridized carbons (Fsp3) is 0.867. The Balaban J connectivity index is 2.41. The Labute approximate surface area is 101 Å². The fourth-order valence-corrected chi connectivity index (χ4v) is 2.88. The molecule has 0 aromatic rings. The van der Waals surface area contributed by atoms with Crippen LogP contribution in [0.4, 0.5) is 0 Å². The Bertz CT molecular complexity index is 228. The molecule has 0 aromatic carbocycles. The van der Waals surface area contributed by atoms with Crippen LogP contribution in [-0.2, 0) is 0 Å². The molecule has 1 rings (SSSR count). The summed E-state index contributed by atoms with van der Waals surface area (Å²) in [4.78, 5) is 0. The third-order valence-corrected chi connectivity index (χ3v) is 4.00. The molecule has 16 heavy (non-hydrogen) atoms. The van der Waals surface area contributed by atoms with Gasteiger partial charge in [-0.3, -0.25) is 0 Å². The quantitative estimate of drug-likeness (QED) is 0.700. The van der Waals surface area contributed by atoms with Gasteiger partial charge in [0.1, 0.15) is 0 Å². The highest BCUT2D eigenvalue weighted by atomic mass is 14.9. The second kappa shape index (κ2) is 7.74. The van der Waals surface area contributed by atoms with E-state index in [2.05, 4.69) is 31.0 Å². The van der Waals surface area contributed by atoms with Gasteiger partial charge in [-0.1, -0.05) is 33.1 Å². The van der Waals surface area contributed by atoms with Crippen LogP contribution >= 0.6 is 0 Å². The Kier molecular flexibility index (Phi) is 6.57. The van der Waals surface area contributed by atoms with E-state index in [1.165, 1.54) is 32.1 Å².